The lowest BCUT2D eigenvalue weighted by Crippen LogP contribution is -2.50. The van der Waals surface area contributed by atoms with Crippen molar-refractivity contribution in [2.75, 3.05) is 24.5 Å². The normalized spacial score (nSPS) is 16.7. The fourth-order valence-electron chi connectivity index (χ4n) is 2.48. The fourth-order valence-corrected chi connectivity index (χ4v) is 2.48. The van der Waals surface area contributed by atoms with E-state index in [1.54, 1.807) is 6.92 Å². The van der Waals surface area contributed by atoms with Gasteiger partial charge in [0.1, 0.15) is 5.69 Å². The minimum Gasteiger partial charge on any atom is -0.340 e. The lowest BCUT2D eigenvalue weighted by Gasteiger charge is -2.33. The molecular formula is C14H14F3N5O2. The molecule has 128 valence electrons. The number of hydrogen-bond donors (Lipinski definition) is 0. The molecule has 0 spiro atoms. The van der Waals surface area contributed by atoms with Crippen molar-refractivity contribution in [3.8, 4) is 0 Å². The number of aryl methyl sites for hydroxylation is 1. The van der Waals surface area contributed by atoms with E-state index in [0.717, 1.165) is 12.3 Å². The summed E-state index contributed by atoms with van der Waals surface area (Å²) in [6, 6.07) is 2.28. The van der Waals surface area contributed by atoms with Crippen LogP contribution in [0.4, 0.5) is 18.9 Å². The Balaban J connectivity index is 1.69. The van der Waals surface area contributed by atoms with Gasteiger partial charge in [-0.05, 0) is 12.1 Å². The zero-order valence-corrected chi connectivity index (χ0v) is 12.7. The predicted molar refractivity (Wildman–Crippen MR) is 75.9 cm³/mol. The Morgan fingerprint density at radius 1 is 1.33 bits per heavy atom. The highest BCUT2D eigenvalue weighted by atomic mass is 19.4. The summed E-state index contributed by atoms with van der Waals surface area (Å²) in [4.78, 5) is 22.8. The summed E-state index contributed by atoms with van der Waals surface area (Å²) in [5.74, 6) is 0.615. The highest BCUT2D eigenvalue weighted by molar-refractivity contribution is 5.95. The van der Waals surface area contributed by atoms with E-state index in [2.05, 4.69) is 15.1 Å². The van der Waals surface area contributed by atoms with Gasteiger partial charge in [0.2, 0.25) is 11.8 Å². The number of carbonyl (C=O) groups is 1. The number of anilines is 1. The summed E-state index contributed by atoms with van der Waals surface area (Å²) >= 11 is 0. The number of alkyl halides is 3. The van der Waals surface area contributed by atoms with Crippen molar-refractivity contribution in [2.24, 2.45) is 0 Å². The Morgan fingerprint density at radius 2 is 2.12 bits per heavy atom. The minimum atomic E-state index is -4.54. The Kier molecular flexibility index (Phi) is 4.22. The predicted octanol–water partition coefficient (Wildman–Crippen LogP) is 1.64. The number of piperazine rings is 1. The molecule has 7 nitrogen and oxygen atoms in total. The number of nitrogens with zero attached hydrogens (tertiary/aromatic N) is 5. The van der Waals surface area contributed by atoms with E-state index in [4.69, 9.17) is 4.52 Å². The molecule has 0 atom stereocenters. The third-order valence-corrected chi connectivity index (χ3v) is 3.58. The molecule has 2 aromatic rings. The molecular weight excluding hydrogens is 327 g/mol. The summed E-state index contributed by atoms with van der Waals surface area (Å²) in [7, 11) is 0. The summed E-state index contributed by atoms with van der Waals surface area (Å²) < 4.78 is 43.1. The van der Waals surface area contributed by atoms with Gasteiger partial charge in [0, 0.05) is 31.9 Å². The molecule has 1 aliphatic rings. The third kappa shape index (κ3) is 3.53. The zero-order valence-electron chi connectivity index (χ0n) is 12.7. The second-order valence-corrected chi connectivity index (χ2v) is 5.38. The second kappa shape index (κ2) is 6.19. The highest BCUT2D eigenvalue weighted by Crippen LogP contribution is 2.30. The zero-order chi connectivity index (χ0) is 17.3. The lowest BCUT2D eigenvalue weighted by molar-refractivity contribution is -0.141. The number of halogens is 3. The highest BCUT2D eigenvalue weighted by Gasteiger charge is 2.34. The number of pyridine rings is 1. The van der Waals surface area contributed by atoms with Crippen LogP contribution in [0.25, 0.3) is 0 Å². The average Bonchev–Trinajstić information content (AvgIpc) is 2.92. The Morgan fingerprint density at radius 3 is 2.75 bits per heavy atom. The Bertz CT molecular complexity index is 746. The van der Waals surface area contributed by atoms with Crippen LogP contribution in [0, 0.1) is 6.92 Å². The first kappa shape index (κ1) is 16.4. The summed E-state index contributed by atoms with van der Waals surface area (Å²) in [5.41, 5.74) is -0.824. The van der Waals surface area contributed by atoms with Crippen molar-refractivity contribution in [3.05, 3.63) is 35.7 Å². The van der Waals surface area contributed by atoms with Gasteiger partial charge in [0.25, 0.3) is 0 Å². The fraction of sp³-hybridized carbons (Fsp3) is 0.429. The van der Waals surface area contributed by atoms with Crippen LogP contribution in [-0.4, -0.2) is 45.6 Å². The average molecular weight is 341 g/mol. The number of aromatic nitrogens is 3. The molecule has 0 aromatic carbocycles. The summed E-state index contributed by atoms with van der Waals surface area (Å²) in [6.07, 6.45) is -3.49. The maximum absolute atomic E-state index is 12.7. The van der Waals surface area contributed by atoms with E-state index in [1.807, 2.05) is 4.90 Å². The van der Waals surface area contributed by atoms with E-state index in [0.29, 0.717) is 24.8 Å². The minimum absolute atomic E-state index is 0.0667. The molecule has 2 aromatic heterocycles. The van der Waals surface area contributed by atoms with Gasteiger partial charge in [0.05, 0.1) is 13.1 Å². The van der Waals surface area contributed by atoms with Crippen LogP contribution in [0.5, 0.6) is 0 Å². The van der Waals surface area contributed by atoms with Gasteiger partial charge in [-0.15, -0.1) is 0 Å². The Hall–Kier alpha value is -2.49. The first-order chi connectivity index (χ1) is 11.3. The molecule has 1 fully saturated rings. The van der Waals surface area contributed by atoms with Gasteiger partial charge in [-0.3, -0.25) is 14.7 Å². The third-order valence-electron chi connectivity index (χ3n) is 3.58. The maximum atomic E-state index is 12.7. The standard InChI is InChI=1S/C14H14F3N5O2/c1-9-19-12(20-24-9)7-21-4-5-22(13(23)8-21)10-2-3-18-11(6-10)14(15,16)17/h2-3,6H,4-5,7-8H2,1H3. The molecule has 3 rings (SSSR count). The molecule has 1 amide bonds. The van der Waals surface area contributed by atoms with Crippen LogP contribution < -0.4 is 4.90 Å². The molecule has 10 heteroatoms. The topological polar surface area (TPSA) is 75.4 Å². The monoisotopic (exact) mass is 341 g/mol. The summed E-state index contributed by atoms with van der Waals surface area (Å²) in [5, 5.41) is 3.76. The first-order valence-corrected chi connectivity index (χ1v) is 7.18. The maximum Gasteiger partial charge on any atom is 0.433 e. The van der Waals surface area contributed by atoms with E-state index in [9.17, 15) is 18.0 Å². The molecule has 1 saturated heterocycles. The quantitative estimate of drug-likeness (QED) is 0.845. The van der Waals surface area contributed by atoms with Crippen LogP contribution in [0.2, 0.25) is 0 Å². The van der Waals surface area contributed by atoms with Crippen molar-refractivity contribution in [2.45, 2.75) is 19.6 Å². The molecule has 0 radical (unpaired) electrons. The van der Waals surface area contributed by atoms with Crippen molar-refractivity contribution < 1.29 is 22.5 Å². The largest absolute Gasteiger partial charge is 0.433 e. The van der Waals surface area contributed by atoms with Crippen LogP contribution >= 0.6 is 0 Å². The molecule has 1 aliphatic heterocycles. The molecule has 0 aliphatic carbocycles. The van der Waals surface area contributed by atoms with Crippen LogP contribution in [0.1, 0.15) is 17.4 Å². The van der Waals surface area contributed by atoms with E-state index in [-0.39, 0.29) is 24.7 Å². The molecule has 0 bridgehead atoms. The van der Waals surface area contributed by atoms with Crippen molar-refractivity contribution in [1.29, 1.82) is 0 Å². The van der Waals surface area contributed by atoms with Gasteiger partial charge in [0.15, 0.2) is 5.82 Å². The number of rotatable bonds is 3. The van der Waals surface area contributed by atoms with E-state index >= 15 is 0 Å². The lowest BCUT2D eigenvalue weighted by atomic mass is 10.2. The Labute approximate surface area is 135 Å². The number of amides is 1. The van der Waals surface area contributed by atoms with Gasteiger partial charge in [-0.1, -0.05) is 5.16 Å². The molecule has 0 unspecified atom stereocenters. The second-order valence-electron chi connectivity index (χ2n) is 5.38. The van der Waals surface area contributed by atoms with Crippen molar-refractivity contribution >= 4 is 11.6 Å². The van der Waals surface area contributed by atoms with Crippen molar-refractivity contribution in [3.63, 3.8) is 0 Å². The van der Waals surface area contributed by atoms with Gasteiger partial charge < -0.3 is 9.42 Å². The number of carbonyl (C=O) groups excluding carboxylic acids is 1. The van der Waals surface area contributed by atoms with Gasteiger partial charge >= 0.3 is 6.18 Å². The molecule has 3 heterocycles. The number of hydrogen-bond acceptors (Lipinski definition) is 6. The molecule has 24 heavy (non-hydrogen) atoms. The first-order valence-electron chi connectivity index (χ1n) is 7.18. The van der Waals surface area contributed by atoms with Crippen LogP contribution in [0.3, 0.4) is 0 Å². The SMILES string of the molecule is Cc1nc(CN2CCN(c3ccnc(C(F)(F)F)c3)C(=O)C2)no1. The van der Waals surface area contributed by atoms with E-state index < -0.39 is 11.9 Å². The van der Waals surface area contributed by atoms with Crippen molar-refractivity contribution in [1.82, 2.24) is 20.0 Å². The van der Waals surface area contributed by atoms with E-state index in [1.165, 1.54) is 11.0 Å². The molecule has 0 saturated carbocycles. The molecule has 0 N–H and O–H groups in total. The van der Waals surface area contributed by atoms with Gasteiger partial charge in [-0.2, -0.15) is 18.2 Å². The van der Waals surface area contributed by atoms with Gasteiger partial charge in [-0.25, -0.2) is 0 Å². The summed E-state index contributed by atoms with van der Waals surface area (Å²) in [6.45, 7) is 2.85. The van der Waals surface area contributed by atoms with Crippen LogP contribution in [0.15, 0.2) is 22.9 Å². The van der Waals surface area contributed by atoms with Crippen LogP contribution in [-0.2, 0) is 17.5 Å². The smallest absolute Gasteiger partial charge is 0.340 e.